The van der Waals surface area contributed by atoms with Crippen LogP contribution in [-0.4, -0.2) is 70.6 Å². The van der Waals surface area contributed by atoms with Crippen molar-refractivity contribution >= 4 is 6.29 Å². The van der Waals surface area contributed by atoms with Gasteiger partial charge in [-0.1, -0.05) is 0 Å². The van der Waals surface area contributed by atoms with Gasteiger partial charge in [-0.25, -0.2) is 0 Å². The lowest BCUT2D eigenvalue weighted by Gasteiger charge is -2.39. The van der Waals surface area contributed by atoms with Crippen LogP contribution in [0.15, 0.2) is 0 Å². The molecule has 7 nitrogen and oxygen atoms in total. The van der Waals surface area contributed by atoms with Crippen molar-refractivity contribution in [1.29, 1.82) is 0 Å². The molecule has 1 saturated heterocycles. The van der Waals surface area contributed by atoms with Gasteiger partial charge in [-0.2, -0.15) is 0 Å². The maximum Gasteiger partial charge on any atom is 0.187 e. The second-order valence-electron chi connectivity index (χ2n) is 3.20. The Balaban J connectivity index is 2.60. The van der Waals surface area contributed by atoms with Gasteiger partial charge in [-0.05, 0) is 0 Å². The molecule has 15 heavy (non-hydrogen) atoms. The highest BCUT2D eigenvalue weighted by Crippen LogP contribution is 2.21. The molecule has 0 bridgehead atoms. The first-order valence-electron chi connectivity index (χ1n) is 4.47. The molecule has 1 aliphatic heterocycles. The fourth-order valence-electron chi connectivity index (χ4n) is 1.34. The number of aldehydes is 1. The van der Waals surface area contributed by atoms with E-state index < -0.39 is 37.3 Å². The van der Waals surface area contributed by atoms with Crippen molar-refractivity contribution in [3.63, 3.8) is 0 Å². The Labute approximate surface area is 85.9 Å². The van der Waals surface area contributed by atoms with Gasteiger partial charge in [0.2, 0.25) is 0 Å². The molecule has 0 unspecified atom stereocenters. The van der Waals surface area contributed by atoms with Gasteiger partial charge in [-0.3, -0.25) is 0 Å². The van der Waals surface area contributed by atoms with Crippen molar-refractivity contribution in [2.24, 2.45) is 0 Å². The zero-order chi connectivity index (χ0) is 11.4. The lowest BCUT2D eigenvalue weighted by atomic mass is 9.99. The zero-order valence-corrected chi connectivity index (χ0v) is 7.89. The predicted molar refractivity (Wildman–Crippen MR) is 45.8 cm³/mol. The third-order valence-electron chi connectivity index (χ3n) is 2.18. The number of hydrogen-bond acceptors (Lipinski definition) is 7. The summed E-state index contributed by atoms with van der Waals surface area (Å²) in [5.74, 6) is 0. The van der Waals surface area contributed by atoms with E-state index in [0.29, 0.717) is 6.29 Å². The molecule has 0 radical (unpaired) electrons. The Kier molecular flexibility index (Phi) is 4.58. The van der Waals surface area contributed by atoms with Crippen LogP contribution in [0.25, 0.3) is 0 Å². The highest BCUT2D eigenvalue weighted by atomic mass is 16.7. The van der Waals surface area contributed by atoms with Crippen molar-refractivity contribution in [1.82, 2.24) is 0 Å². The van der Waals surface area contributed by atoms with Crippen LogP contribution in [0.4, 0.5) is 0 Å². The fourth-order valence-corrected chi connectivity index (χ4v) is 1.34. The second kappa shape index (κ2) is 5.50. The number of hydrogen-bond donors (Lipinski definition) is 4. The van der Waals surface area contributed by atoms with Gasteiger partial charge >= 0.3 is 0 Å². The molecule has 1 heterocycles. The maximum absolute atomic E-state index is 10.0. The summed E-state index contributed by atoms with van der Waals surface area (Å²) in [7, 11) is 0. The van der Waals surface area contributed by atoms with Gasteiger partial charge in [0, 0.05) is 0 Å². The molecule has 1 aliphatic rings. The monoisotopic (exact) mass is 222 g/mol. The van der Waals surface area contributed by atoms with Crippen LogP contribution in [0.5, 0.6) is 0 Å². The van der Waals surface area contributed by atoms with Gasteiger partial charge in [-0.15, -0.1) is 0 Å². The van der Waals surface area contributed by atoms with Crippen LogP contribution >= 0.6 is 0 Å². The third-order valence-corrected chi connectivity index (χ3v) is 2.18. The number of carbonyl (C=O) groups is 1. The standard InChI is InChI=1S/C8H14O7/c9-1-2-14-8-7(13)6(12)5(11)4(3-10)15-8/h1,4-8,10-13H,2-3H2/t4-,5+,6-,7-,8+/m1/s1. The number of aliphatic hydroxyl groups is 4. The Hall–Kier alpha value is -0.570. The molecule has 0 aromatic heterocycles. The first-order chi connectivity index (χ1) is 7.11. The van der Waals surface area contributed by atoms with E-state index in [1.807, 2.05) is 0 Å². The number of ether oxygens (including phenoxy) is 2. The molecule has 0 spiro atoms. The first kappa shape index (κ1) is 12.5. The summed E-state index contributed by atoms with van der Waals surface area (Å²) in [4.78, 5) is 10.0. The molecule has 1 fully saturated rings. The predicted octanol–water partition coefficient (Wildman–Crippen LogP) is -3.00. The fraction of sp³-hybridized carbons (Fsp3) is 0.875. The summed E-state index contributed by atoms with van der Waals surface area (Å²) in [6.07, 6.45) is -6.14. The third kappa shape index (κ3) is 2.71. The summed E-state index contributed by atoms with van der Waals surface area (Å²) < 4.78 is 9.71. The highest BCUT2D eigenvalue weighted by Gasteiger charge is 2.43. The van der Waals surface area contributed by atoms with E-state index in [4.69, 9.17) is 14.6 Å². The van der Waals surface area contributed by atoms with Gasteiger partial charge in [0.1, 0.15) is 37.3 Å². The number of carbonyl (C=O) groups excluding carboxylic acids is 1. The van der Waals surface area contributed by atoms with Crippen LogP contribution in [0.1, 0.15) is 0 Å². The van der Waals surface area contributed by atoms with Gasteiger partial charge in [0.25, 0.3) is 0 Å². The van der Waals surface area contributed by atoms with E-state index in [0.717, 1.165) is 0 Å². The number of rotatable bonds is 4. The molecular weight excluding hydrogens is 208 g/mol. The van der Waals surface area contributed by atoms with E-state index in [-0.39, 0.29) is 6.61 Å². The van der Waals surface area contributed by atoms with E-state index in [9.17, 15) is 20.1 Å². The molecule has 4 N–H and O–H groups in total. The Morgan fingerprint density at radius 3 is 2.40 bits per heavy atom. The van der Waals surface area contributed by atoms with Crippen LogP contribution in [-0.2, 0) is 14.3 Å². The van der Waals surface area contributed by atoms with Crippen molar-refractivity contribution < 1.29 is 34.7 Å². The Morgan fingerprint density at radius 1 is 1.20 bits per heavy atom. The second-order valence-corrected chi connectivity index (χ2v) is 3.20. The summed E-state index contributed by atoms with van der Waals surface area (Å²) in [6, 6.07) is 0. The summed E-state index contributed by atoms with van der Waals surface area (Å²) >= 11 is 0. The molecule has 0 saturated carbocycles. The minimum absolute atomic E-state index is 0.303. The van der Waals surface area contributed by atoms with Crippen molar-refractivity contribution in [2.75, 3.05) is 13.2 Å². The highest BCUT2D eigenvalue weighted by molar-refractivity contribution is 5.50. The molecule has 88 valence electrons. The van der Waals surface area contributed by atoms with Gasteiger partial charge in [0.05, 0.1) is 6.61 Å². The quantitative estimate of drug-likeness (QED) is 0.374. The van der Waals surface area contributed by atoms with E-state index in [1.54, 1.807) is 0 Å². The summed E-state index contributed by atoms with van der Waals surface area (Å²) in [5, 5.41) is 36.9. The lowest BCUT2D eigenvalue weighted by Crippen LogP contribution is -2.59. The zero-order valence-electron chi connectivity index (χ0n) is 7.89. The molecular formula is C8H14O7. The first-order valence-corrected chi connectivity index (χ1v) is 4.47. The Bertz CT molecular complexity index is 207. The molecule has 1 rings (SSSR count). The molecule has 0 aromatic carbocycles. The van der Waals surface area contributed by atoms with Crippen LogP contribution in [0, 0.1) is 0 Å². The molecule has 0 amide bonds. The van der Waals surface area contributed by atoms with Gasteiger partial charge < -0.3 is 34.7 Å². The number of aliphatic hydroxyl groups excluding tert-OH is 4. The Morgan fingerprint density at radius 2 is 1.87 bits per heavy atom. The smallest absolute Gasteiger partial charge is 0.187 e. The van der Waals surface area contributed by atoms with Crippen LogP contribution in [0.3, 0.4) is 0 Å². The summed E-state index contributed by atoms with van der Waals surface area (Å²) in [6.45, 7) is -0.825. The minimum atomic E-state index is -1.48. The van der Waals surface area contributed by atoms with Crippen molar-refractivity contribution in [2.45, 2.75) is 30.7 Å². The topological polar surface area (TPSA) is 116 Å². The normalized spacial score (nSPS) is 41.5. The molecule has 7 heteroatoms. The van der Waals surface area contributed by atoms with Gasteiger partial charge in [0.15, 0.2) is 6.29 Å². The van der Waals surface area contributed by atoms with Crippen LogP contribution < -0.4 is 0 Å². The largest absolute Gasteiger partial charge is 0.394 e. The van der Waals surface area contributed by atoms with Crippen molar-refractivity contribution in [3.05, 3.63) is 0 Å². The molecule has 5 atom stereocenters. The minimum Gasteiger partial charge on any atom is -0.394 e. The van der Waals surface area contributed by atoms with E-state index >= 15 is 0 Å². The SMILES string of the molecule is O=CCO[C@H]1O[C@H](CO)[C@H](O)[C@@H](O)[C@H]1O. The maximum atomic E-state index is 10.0. The molecule has 0 aliphatic carbocycles. The van der Waals surface area contributed by atoms with E-state index in [1.165, 1.54) is 0 Å². The van der Waals surface area contributed by atoms with Crippen molar-refractivity contribution in [3.8, 4) is 0 Å². The molecule has 0 aromatic rings. The average Bonchev–Trinajstić information content (AvgIpc) is 2.25. The average molecular weight is 222 g/mol. The summed E-state index contributed by atoms with van der Waals surface area (Å²) in [5.41, 5.74) is 0. The van der Waals surface area contributed by atoms with E-state index in [2.05, 4.69) is 0 Å². The lowest BCUT2D eigenvalue weighted by molar-refractivity contribution is -0.298. The van der Waals surface area contributed by atoms with Crippen LogP contribution in [0.2, 0.25) is 0 Å².